The van der Waals surface area contributed by atoms with E-state index in [0.29, 0.717) is 107 Å². The second kappa shape index (κ2) is 24.1. The molecule has 0 saturated carbocycles. The van der Waals surface area contributed by atoms with E-state index in [1.165, 1.54) is 4.90 Å². The number of fused-ring (bicyclic) bond motifs is 1. The largest absolute Gasteiger partial charge is 0.488 e. The predicted molar refractivity (Wildman–Crippen MR) is 236 cm³/mol. The van der Waals surface area contributed by atoms with Crippen LogP contribution in [-0.2, 0) is 6.54 Å². The zero-order valence-electron chi connectivity index (χ0n) is 35.7. The van der Waals surface area contributed by atoms with E-state index in [1.54, 1.807) is 80.6 Å². The molecule has 0 saturated heterocycles. The van der Waals surface area contributed by atoms with E-state index in [-0.39, 0.29) is 38.2 Å². The van der Waals surface area contributed by atoms with Gasteiger partial charge < -0.3 is 61.5 Å². The van der Waals surface area contributed by atoms with E-state index in [2.05, 4.69) is 62.5 Å². The third-order valence-electron chi connectivity index (χ3n) is 9.09. The Bertz CT molecular complexity index is 1990. The maximum atomic E-state index is 13.6. The molecule has 0 fully saturated rings. The van der Waals surface area contributed by atoms with Gasteiger partial charge in [-0.3, -0.25) is 34.5 Å². The van der Waals surface area contributed by atoms with Crippen molar-refractivity contribution in [1.29, 1.82) is 0 Å². The molecule has 0 radical (unpaired) electrons. The molecule has 1 heterocycles. The van der Waals surface area contributed by atoms with E-state index in [1.807, 2.05) is 30.3 Å². The van der Waals surface area contributed by atoms with Crippen LogP contribution in [0.5, 0.6) is 23.0 Å². The Morgan fingerprint density at radius 2 is 0.883 bits per heavy atom. The van der Waals surface area contributed by atoms with E-state index in [9.17, 15) is 9.59 Å². The van der Waals surface area contributed by atoms with Crippen LogP contribution in [0.4, 0.5) is 0 Å². The summed E-state index contributed by atoms with van der Waals surface area (Å²) >= 11 is 0. The van der Waals surface area contributed by atoms with Crippen molar-refractivity contribution >= 4 is 35.7 Å². The zero-order chi connectivity index (χ0) is 43.3. The Morgan fingerprint density at radius 1 is 0.483 bits per heavy atom. The van der Waals surface area contributed by atoms with Gasteiger partial charge in [-0.2, -0.15) is 0 Å². The molecule has 0 atom stereocenters. The molecule has 4 rings (SSSR count). The van der Waals surface area contributed by atoms with Crippen LogP contribution in [0.25, 0.3) is 11.1 Å². The molecule has 1 aliphatic heterocycles. The Balaban J connectivity index is 1.83. The normalized spacial score (nSPS) is 13.0. The van der Waals surface area contributed by atoms with Crippen LogP contribution in [0.15, 0.2) is 74.6 Å². The average Bonchev–Trinajstić information content (AvgIpc) is 3.52. The Morgan fingerprint density at radius 3 is 1.33 bits per heavy atom. The molecule has 3 aromatic rings. The van der Waals surface area contributed by atoms with Gasteiger partial charge in [0.25, 0.3) is 11.8 Å². The molecule has 19 nitrogen and oxygen atoms in total. The summed E-state index contributed by atoms with van der Waals surface area (Å²) in [5, 5.41) is 24.9. The van der Waals surface area contributed by atoms with Crippen LogP contribution in [0.2, 0.25) is 0 Å². The monoisotopic (exact) mass is 829 g/mol. The number of guanidine groups is 4. The molecule has 0 unspecified atom stereocenters. The first-order valence-corrected chi connectivity index (χ1v) is 19.6. The van der Waals surface area contributed by atoms with Crippen molar-refractivity contribution in [3.8, 4) is 34.1 Å². The summed E-state index contributed by atoms with van der Waals surface area (Å²) in [6.07, 6.45) is 0. The van der Waals surface area contributed by atoms with Crippen molar-refractivity contribution in [3.63, 3.8) is 0 Å². The molecule has 0 bridgehead atoms. The SMILES string of the molecule is C/N=C(\NC)NCCOc1cccc(-c2ccc(CN3C(=O)c4ccccc4C3=O)c(OCCN/C(=N/C)NC)c2OCCN/C(=N/C)NC)c1OCCN/C(=N/C)NC. The number of carbonyl (C=O) groups is 2. The number of hydrogen-bond donors (Lipinski definition) is 8. The summed E-state index contributed by atoms with van der Waals surface area (Å²) in [6.45, 7) is 2.48. The molecular formula is C41H59N13O6. The number of hydrogen-bond acceptors (Lipinski definition) is 10. The summed E-state index contributed by atoms with van der Waals surface area (Å²) in [4.78, 5) is 45.2. The molecule has 19 heteroatoms. The number of benzene rings is 3. The molecule has 0 aliphatic carbocycles. The number of ether oxygens (including phenoxy) is 4. The number of nitrogens with one attached hydrogen (secondary N) is 8. The minimum atomic E-state index is -0.388. The zero-order valence-corrected chi connectivity index (χ0v) is 35.7. The highest BCUT2D eigenvalue weighted by molar-refractivity contribution is 6.21. The van der Waals surface area contributed by atoms with Crippen LogP contribution in [0.1, 0.15) is 26.3 Å². The molecule has 324 valence electrons. The third-order valence-corrected chi connectivity index (χ3v) is 9.09. The lowest BCUT2D eigenvalue weighted by Gasteiger charge is -2.24. The van der Waals surface area contributed by atoms with Gasteiger partial charge >= 0.3 is 0 Å². The molecular weight excluding hydrogens is 771 g/mol. The van der Waals surface area contributed by atoms with Gasteiger partial charge in [0.05, 0.1) is 43.9 Å². The van der Waals surface area contributed by atoms with E-state index < -0.39 is 0 Å². The van der Waals surface area contributed by atoms with Crippen molar-refractivity contribution in [1.82, 2.24) is 47.4 Å². The first kappa shape index (κ1) is 45.8. The molecule has 8 N–H and O–H groups in total. The maximum absolute atomic E-state index is 13.6. The summed E-state index contributed by atoms with van der Waals surface area (Å²) in [7, 11) is 13.8. The topological polar surface area (TPSA) is 220 Å². The number of imide groups is 1. The Hall–Kier alpha value is -6.92. The summed E-state index contributed by atoms with van der Waals surface area (Å²) in [5.41, 5.74) is 2.54. The maximum Gasteiger partial charge on any atom is 0.261 e. The summed E-state index contributed by atoms with van der Waals surface area (Å²) < 4.78 is 26.1. The molecule has 2 amide bonds. The van der Waals surface area contributed by atoms with Gasteiger partial charge in [-0.25, -0.2) is 0 Å². The summed E-state index contributed by atoms with van der Waals surface area (Å²) in [6, 6.07) is 16.1. The van der Waals surface area contributed by atoms with Crippen LogP contribution in [0.3, 0.4) is 0 Å². The van der Waals surface area contributed by atoms with Gasteiger partial charge in [0.15, 0.2) is 46.8 Å². The lowest BCUT2D eigenvalue weighted by atomic mass is 9.99. The number of nitrogens with zero attached hydrogens (tertiary/aromatic N) is 5. The fourth-order valence-corrected chi connectivity index (χ4v) is 6.20. The van der Waals surface area contributed by atoms with Gasteiger partial charge in [0, 0.05) is 73.1 Å². The van der Waals surface area contributed by atoms with Gasteiger partial charge in [0.2, 0.25) is 0 Å². The number of amides is 2. The molecule has 1 aliphatic rings. The fourth-order valence-electron chi connectivity index (χ4n) is 6.20. The van der Waals surface area contributed by atoms with Gasteiger partial charge in [-0.15, -0.1) is 0 Å². The second-order valence-electron chi connectivity index (χ2n) is 12.7. The first-order valence-electron chi connectivity index (χ1n) is 19.6. The minimum absolute atomic E-state index is 0.0673. The lowest BCUT2D eigenvalue weighted by Crippen LogP contribution is -2.37. The second-order valence-corrected chi connectivity index (χ2v) is 12.7. The van der Waals surface area contributed by atoms with Crippen LogP contribution >= 0.6 is 0 Å². The van der Waals surface area contributed by atoms with Crippen molar-refractivity contribution in [3.05, 3.63) is 71.3 Å². The van der Waals surface area contributed by atoms with Crippen molar-refractivity contribution in [2.75, 3.05) is 109 Å². The average molecular weight is 830 g/mol. The predicted octanol–water partition coefficient (Wildman–Crippen LogP) is 0.844. The third kappa shape index (κ3) is 12.1. The van der Waals surface area contributed by atoms with Crippen LogP contribution < -0.4 is 61.5 Å². The highest BCUT2D eigenvalue weighted by Crippen LogP contribution is 2.47. The Labute approximate surface area is 351 Å². The summed E-state index contributed by atoms with van der Waals surface area (Å²) in [5.74, 6) is 3.32. The van der Waals surface area contributed by atoms with Crippen molar-refractivity contribution < 1.29 is 28.5 Å². The van der Waals surface area contributed by atoms with E-state index in [0.717, 1.165) is 0 Å². The number of carbonyl (C=O) groups excluding carboxylic acids is 2. The molecule has 3 aromatic carbocycles. The van der Waals surface area contributed by atoms with Crippen LogP contribution in [-0.4, -0.2) is 150 Å². The highest BCUT2D eigenvalue weighted by atomic mass is 16.5. The number of aliphatic imine (C=N–C) groups is 4. The fraction of sp³-hybridized carbons (Fsp3) is 0.415. The smallest absolute Gasteiger partial charge is 0.261 e. The van der Waals surface area contributed by atoms with E-state index in [4.69, 9.17) is 18.9 Å². The lowest BCUT2D eigenvalue weighted by molar-refractivity contribution is 0.0640. The molecule has 60 heavy (non-hydrogen) atoms. The molecule has 0 spiro atoms. The van der Waals surface area contributed by atoms with Crippen LogP contribution in [0, 0.1) is 0 Å². The number of para-hydroxylation sites is 1. The number of rotatable bonds is 19. The quantitative estimate of drug-likeness (QED) is 0.0364. The molecule has 0 aromatic heterocycles. The Kier molecular flexibility index (Phi) is 18.4. The van der Waals surface area contributed by atoms with Crippen molar-refractivity contribution in [2.24, 2.45) is 20.0 Å². The van der Waals surface area contributed by atoms with Gasteiger partial charge in [0.1, 0.15) is 26.4 Å². The minimum Gasteiger partial charge on any atom is -0.488 e. The van der Waals surface area contributed by atoms with Gasteiger partial charge in [-0.05, 0) is 24.3 Å². The van der Waals surface area contributed by atoms with E-state index >= 15 is 0 Å². The van der Waals surface area contributed by atoms with Gasteiger partial charge in [-0.1, -0.05) is 30.3 Å². The standard InChI is InChI=1S/C41H59N13O6/c1-42-38(43-2)50-18-22-57-32-15-11-14-28(34(32)59-24-20-52-40(46-5)47-6)29-17-16-27(26-54-36(55)30-12-9-10-13-31(30)37(54)56)33(58-23-19-51-39(44-3)45-4)35(29)60-25-21-53-41(48-7)49-8/h9-17H,18-26H2,1-8H3,(H2,42,43,50)(H2,44,45,51)(H2,46,47,52)(H2,48,49,53). The highest BCUT2D eigenvalue weighted by Gasteiger charge is 2.36. The first-order chi connectivity index (χ1) is 29.3. The van der Waals surface area contributed by atoms with Crippen molar-refractivity contribution in [2.45, 2.75) is 6.54 Å².